The highest BCUT2D eigenvalue weighted by atomic mass is 35.5. The van der Waals surface area contributed by atoms with Gasteiger partial charge in [-0.1, -0.05) is 11.6 Å². The molecule has 8 nitrogen and oxygen atoms in total. The fourth-order valence-corrected chi connectivity index (χ4v) is 1.21. The first-order valence-electron chi connectivity index (χ1n) is 4.45. The van der Waals surface area contributed by atoms with Crippen LogP contribution in [-0.2, 0) is 6.54 Å². The van der Waals surface area contributed by atoms with E-state index in [-0.39, 0.29) is 23.2 Å². The fraction of sp³-hybridized carbons (Fsp3) is 0.250. The van der Waals surface area contributed by atoms with Crippen LogP contribution in [0.1, 0.15) is 5.69 Å². The lowest BCUT2D eigenvalue weighted by atomic mass is 10.4. The molecule has 4 N–H and O–H groups in total. The number of aromatic nitrogens is 2. The Morgan fingerprint density at radius 2 is 2.24 bits per heavy atom. The second-order valence-electron chi connectivity index (χ2n) is 2.86. The molecule has 17 heavy (non-hydrogen) atoms. The van der Waals surface area contributed by atoms with Gasteiger partial charge in [-0.15, -0.1) is 0 Å². The van der Waals surface area contributed by atoms with Crippen LogP contribution < -0.4 is 21.9 Å². The summed E-state index contributed by atoms with van der Waals surface area (Å²) in [6.07, 6.45) is 1.68. The Kier molecular flexibility index (Phi) is 4.30. The van der Waals surface area contributed by atoms with Crippen molar-refractivity contribution in [3.05, 3.63) is 31.6 Å². The van der Waals surface area contributed by atoms with Crippen molar-refractivity contribution in [2.45, 2.75) is 6.54 Å². The van der Waals surface area contributed by atoms with E-state index in [1.807, 2.05) is 4.98 Å². The molecule has 0 amide bonds. The van der Waals surface area contributed by atoms with E-state index >= 15 is 0 Å². The summed E-state index contributed by atoms with van der Waals surface area (Å²) in [6, 6.07) is 0. The Morgan fingerprint density at radius 3 is 2.82 bits per heavy atom. The summed E-state index contributed by atoms with van der Waals surface area (Å²) in [5.41, 5.74) is -1.11. The first kappa shape index (κ1) is 12.8. The molecule has 0 saturated heterocycles. The Labute approximate surface area is 100 Å². The van der Waals surface area contributed by atoms with Crippen molar-refractivity contribution in [3.8, 4) is 6.19 Å². The van der Waals surface area contributed by atoms with Crippen molar-refractivity contribution in [3.63, 3.8) is 0 Å². The average Bonchev–Trinajstić information content (AvgIpc) is 2.30. The Morgan fingerprint density at radius 1 is 1.53 bits per heavy atom. The summed E-state index contributed by atoms with van der Waals surface area (Å²) in [7, 11) is 1.47. The third kappa shape index (κ3) is 3.35. The molecule has 1 rings (SSSR count). The molecule has 0 aliphatic heterocycles. The van der Waals surface area contributed by atoms with E-state index < -0.39 is 11.2 Å². The number of H-pyrrole nitrogens is 2. The van der Waals surface area contributed by atoms with Crippen LogP contribution in [0.5, 0.6) is 0 Å². The molecular weight excluding hydrogens is 248 g/mol. The number of aromatic amines is 2. The Hall–Kier alpha value is -2.27. The molecule has 1 heterocycles. The number of nitriles is 1. The van der Waals surface area contributed by atoms with Crippen LogP contribution in [0.2, 0.25) is 5.02 Å². The zero-order valence-corrected chi connectivity index (χ0v) is 9.55. The van der Waals surface area contributed by atoms with Crippen molar-refractivity contribution < 1.29 is 0 Å². The summed E-state index contributed by atoms with van der Waals surface area (Å²) in [5, 5.41) is 13.2. The smallest absolute Gasteiger partial charge is 0.326 e. The summed E-state index contributed by atoms with van der Waals surface area (Å²) in [6.45, 7) is 0.0549. The van der Waals surface area contributed by atoms with Gasteiger partial charge in [0.15, 0.2) is 6.19 Å². The standard InChI is InChI=1S/C8H9ClN6O2/c1-11-7(13-3-10)12-2-4-5(9)6(16)15-8(17)14-4/h2H2,1H3,(H2,11,12,13)(H2,14,15,16,17). The maximum atomic E-state index is 11.2. The molecule has 0 aliphatic carbocycles. The van der Waals surface area contributed by atoms with Crippen molar-refractivity contribution in [2.24, 2.45) is 4.99 Å². The summed E-state index contributed by atoms with van der Waals surface area (Å²) < 4.78 is 0. The molecule has 0 bridgehead atoms. The molecule has 0 spiro atoms. The number of halogens is 1. The van der Waals surface area contributed by atoms with E-state index in [0.29, 0.717) is 0 Å². The highest BCUT2D eigenvalue weighted by Gasteiger charge is 2.07. The van der Waals surface area contributed by atoms with E-state index in [1.165, 1.54) is 7.05 Å². The van der Waals surface area contributed by atoms with Crippen LogP contribution in [0.15, 0.2) is 14.6 Å². The van der Waals surface area contributed by atoms with Gasteiger partial charge in [-0.2, -0.15) is 5.26 Å². The number of guanidine groups is 1. The molecule has 0 aromatic carbocycles. The minimum atomic E-state index is -0.671. The lowest BCUT2D eigenvalue weighted by molar-refractivity contribution is 0.823. The summed E-state index contributed by atoms with van der Waals surface area (Å²) in [5.74, 6) is 0.199. The van der Waals surface area contributed by atoms with Gasteiger partial charge in [-0.3, -0.25) is 20.1 Å². The summed E-state index contributed by atoms with van der Waals surface area (Å²) in [4.78, 5) is 30.2. The predicted molar refractivity (Wildman–Crippen MR) is 61.6 cm³/mol. The third-order valence-electron chi connectivity index (χ3n) is 1.79. The lowest BCUT2D eigenvalue weighted by Gasteiger charge is -2.07. The van der Waals surface area contributed by atoms with E-state index in [4.69, 9.17) is 16.9 Å². The van der Waals surface area contributed by atoms with Crippen molar-refractivity contribution in [1.82, 2.24) is 20.6 Å². The van der Waals surface area contributed by atoms with Gasteiger partial charge in [0.2, 0.25) is 5.96 Å². The maximum absolute atomic E-state index is 11.2. The van der Waals surface area contributed by atoms with Gasteiger partial charge in [0.1, 0.15) is 5.02 Å². The average molecular weight is 257 g/mol. The largest absolute Gasteiger partial charge is 0.350 e. The molecule has 1 aromatic heterocycles. The van der Waals surface area contributed by atoms with Crippen LogP contribution >= 0.6 is 11.6 Å². The minimum Gasteiger partial charge on any atom is -0.350 e. The Bertz CT molecular complexity index is 581. The van der Waals surface area contributed by atoms with Gasteiger partial charge in [-0.25, -0.2) is 4.79 Å². The molecule has 0 saturated carbocycles. The van der Waals surface area contributed by atoms with E-state index in [9.17, 15) is 9.59 Å². The molecule has 0 aliphatic rings. The van der Waals surface area contributed by atoms with Gasteiger partial charge < -0.3 is 10.3 Å². The SMILES string of the molecule is CN=C(NC#N)NCc1[nH]c(=O)[nH]c(=O)c1Cl. The fourth-order valence-electron chi connectivity index (χ4n) is 1.04. The van der Waals surface area contributed by atoms with E-state index in [1.54, 1.807) is 6.19 Å². The zero-order valence-electron chi connectivity index (χ0n) is 8.80. The van der Waals surface area contributed by atoms with Crippen LogP contribution in [-0.4, -0.2) is 23.0 Å². The minimum absolute atomic E-state index is 0.0549. The normalized spacial score (nSPS) is 10.8. The third-order valence-corrected chi connectivity index (χ3v) is 2.19. The molecule has 90 valence electrons. The Balaban J connectivity index is 2.87. The van der Waals surface area contributed by atoms with Gasteiger partial charge in [-0.05, 0) is 0 Å². The highest BCUT2D eigenvalue weighted by Crippen LogP contribution is 2.03. The first-order valence-corrected chi connectivity index (χ1v) is 4.83. The lowest BCUT2D eigenvalue weighted by Crippen LogP contribution is -2.35. The number of aliphatic imine (C=N–C) groups is 1. The summed E-state index contributed by atoms with van der Waals surface area (Å²) >= 11 is 5.69. The van der Waals surface area contributed by atoms with Crippen molar-refractivity contribution in [2.75, 3.05) is 7.05 Å². The van der Waals surface area contributed by atoms with E-state index in [2.05, 4.69) is 20.6 Å². The molecule has 0 fully saturated rings. The van der Waals surface area contributed by atoms with Gasteiger partial charge in [0.25, 0.3) is 5.56 Å². The molecule has 1 aromatic rings. The van der Waals surface area contributed by atoms with Crippen LogP contribution in [0.3, 0.4) is 0 Å². The molecule has 0 unspecified atom stereocenters. The molecular formula is C8H9ClN6O2. The van der Waals surface area contributed by atoms with Crippen LogP contribution in [0.4, 0.5) is 0 Å². The van der Waals surface area contributed by atoms with Crippen molar-refractivity contribution >= 4 is 17.6 Å². The number of nitrogens with one attached hydrogen (secondary N) is 4. The zero-order chi connectivity index (χ0) is 12.8. The van der Waals surface area contributed by atoms with Gasteiger partial charge in [0.05, 0.1) is 12.2 Å². The molecule has 9 heteroatoms. The van der Waals surface area contributed by atoms with Crippen LogP contribution in [0.25, 0.3) is 0 Å². The van der Waals surface area contributed by atoms with E-state index in [0.717, 1.165) is 0 Å². The second kappa shape index (κ2) is 5.72. The van der Waals surface area contributed by atoms with Gasteiger partial charge >= 0.3 is 5.69 Å². The monoisotopic (exact) mass is 256 g/mol. The van der Waals surface area contributed by atoms with Crippen molar-refractivity contribution in [1.29, 1.82) is 5.26 Å². The van der Waals surface area contributed by atoms with Crippen LogP contribution in [0, 0.1) is 11.5 Å². The molecule has 0 atom stereocenters. The second-order valence-corrected chi connectivity index (χ2v) is 3.24. The number of nitrogens with zero attached hydrogens (tertiary/aromatic N) is 2. The number of hydrogen-bond acceptors (Lipinski definition) is 4. The predicted octanol–water partition coefficient (Wildman–Crippen LogP) is -1.14. The quantitative estimate of drug-likeness (QED) is 0.230. The topological polar surface area (TPSA) is 126 Å². The molecule has 0 radical (unpaired) electrons. The number of hydrogen-bond donors (Lipinski definition) is 4. The number of rotatable bonds is 2. The maximum Gasteiger partial charge on any atom is 0.326 e. The highest BCUT2D eigenvalue weighted by molar-refractivity contribution is 6.31. The van der Waals surface area contributed by atoms with Gasteiger partial charge in [0, 0.05) is 7.05 Å². The first-order chi connectivity index (χ1) is 8.08.